The first-order valence-electron chi connectivity index (χ1n) is 9.57. The zero-order chi connectivity index (χ0) is 21.0. The lowest BCUT2D eigenvalue weighted by atomic mass is 9.92. The molecule has 3 amide bonds. The third kappa shape index (κ3) is 4.19. The first kappa shape index (κ1) is 20.7. The fraction of sp³-hybridized carbons (Fsp3) is 0.364. The maximum Gasteiger partial charge on any atom is 0.326 e. The SMILES string of the molecule is CCOc1ccc(CN(C)CN2C(=O)N[C@@](C)(c3ccccc3)C2=O)cc1OC. The van der Waals surface area contributed by atoms with Crippen molar-refractivity contribution < 1.29 is 19.1 Å². The molecule has 1 atom stereocenters. The van der Waals surface area contributed by atoms with Gasteiger partial charge in [0.25, 0.3) is 5.91 Å². The van der Waals surface area contributed by atoms with Crippen LogP contribution in [0.4, 0.5) is 4.79 Å². The molecule has 0 aromatic heterocycles. The molecule has 7 heteroatoms. The van der Waals surface area contributed by atoms with Crippen molar-refractivity contribution in [3.8, 4) is 11.5 Å². The van der Waals surface area contributed by atoms with Crippen molar-refractivity contribution in [3.63, 3.8) is 0 Å². The van der Waals surface area contributed by atoms with Crippen LogP contribution in [0.2, 0.25) is 0 Å². The van der Waals surface area contributed by atoms with Gasteiger partial charge in [-0.1, -0.05) is 36.4 Å². The number of nitrogens with one attached hydrogen (secondary N) is 1. The molecule has 1 fully saturated rings. The highest BCUT2D eigenvalue weighted by molar-refractivity contribution is 6.07. The standard InChI is InChI=1S/C22H27N3O4/c1-5-29-18-12-11-16(13-19(18)28-4)14-24(3)15-25-20(26)22(2,23-21(25)27)17-9-7-6-8-10-17/h6-13H,5,14-15H2,1-4H3,(H,23,27)/t22-/m0/s1. The molecular formula is C22H27N3O4. The minimum Gasteiger partial charge on any atom is -0.493 e. The predicted octanol–water partition coefficient (Wildman–Crippen LogP) is 2.95. The van der Waals surface area contributed by atoms with E-state index in [4.69, 9.17) is 9.47 Å². The second-order valence-corrected chi connectivity index (χ2v) is 7.23. The molecule has 0 spiro atoms. The molecule has 2 aromatic rings. The lowest BCUT2D eigenvalue weighted by Crippen LogP contribution is -2.42. The summed E-state index contributed by atoms with van der Waals surface area (Å²) >= 11 is 0. The van der Waals surface area contributed by atoms with E-state index in [0.717, 1.165) is 11.1 Å². The van der Waals surface area contributed by atoms with Gasteiger partial charge in [-0.15, -0.1) is 0 Å². The van der Waals surface area contributed by atoms with Gasteiger partial charge in [-0.2, -0.15) is 0 Å². The number of hydrogen-bond donors (Lipinski definition) is 1. The second-order valence-electron chi connectivity index (χ2n) is 7.23. The average molecular weight is 397 g/mol. The van der Waals surface area contributed by atoms with Crippen molar-refractivity contribution in [1.29, 1.82) is 0 Å². The molecule has 0 bridgehead atoms. The monoisotopic (exact) mass is 397 g/mol. The van der Waals surface area contributed by atoms with E-state index < -0.39 is 11.6 Å². The quantitative estimate of drug-likeness (QED) is 0.694. The molecule has 2 aromatic carbocycles. The Morgan fingerprint density at radius 1 is 1.10 bits per heavy atom. The number of methoxy groups -OCH3 is 1. The first-order valence-corrected chi connectivity index (χ1v) is 9.57. The lowest BCUT2D eigenvalue weighted by Gasteiger charge is -2.25. The molecule has 1 heterocycles. The van der Waals surface area contributed by atoms with E-state index in [-0.39, 0.29) is 12.6 Å². The second kappa shape index (κ2) is 8.53. The van der Waals surface area contributed by atoms with Gasteiger partial charge in [-0.3, -0.25) is 9.69 Å². The Morgan fingerprint density at radius 3 is 2.48 bits per heavy atom. The van der Waals surface area contributed by atoms with Crippen LogP contribution in [0.1, 0.15) is 25.0 Å². The van der Waals surface area contributed by atoms with Gasteiger partial charge in [0.2, 0.25) is 0 Å². The number of carbonyl (C=O) groups excluding carboxylic acids is 2. The smallest absolute Gasteiger partial charge is 0.326 e. The van der Waals surface area contributed by atoms with Gasteiger partial charge < -0.3 is 14.8 Å². The molecule has 154 valence electrons. The molecule has 1 N–H and O–H groups in total. The highest BCUT2D eigenvalue weighted by atomic mass is 16.5. The number of ether oxygens (including phenoxy) is 2. The summed E-state index contributed by atoms with van der Waals surface area (Å²) in [6.07, 6.45) is 0. The maximum absolute atomic E-state index is 13.0. The van der Waals surface area contributed by atoms with Crippen LogP contribution < -0.4 is 14.8 Å². The molecule has 3 rings (SSSR count). The van der Waals surface area contributed by atoms with E-state index >= 15 is 0 Å². The summed E-state index contributed by atoms with van der Waals surface area (Å²) in [5.41, 5.74) is 0.701. The van der Waals surface area contributed by atoms with Gasteiger partial charge in [0, 0.05) is 6.54 Å². The van der Waals surface area contributed by atoms with Crippen LogP contribution in [-0.4, -0.2) is 49.2 Å². The molecule has 1 saturated heterocycles. The molecule has 1 aliphatic heterocycles. The number of carbonyl (C=O) groups is 2. The van der Waals surface area contributed by atoms with Crippen molar-refractivity contribution in [2.24, 2.45) is 0 Å². The Kier molecular flexibility index (Phi) is 6.08. The van der Waals surface area contributed by atoms with Crippen LogP contribution >= 0.6 is 0 Å². The number of hydrogen-bond acceptors (Lipinski definition) is 5. The molecule has 0 saturated carbocycles. The molecule has 0 aliphatic carbocycles. The van der Waals surface area contributed by atoms with E-state index in [1.807, 2.05) is 67.4 Å². The van der Waals surface area contributed by atoms with Gasteiger partial charge >= 0.3 is 6.03 Å². The number of amides is 3. The van der Waals surface area contributed by atoms with Crippen LogP contribution in [-0.2, 0) is 16.9 Å². The third-order valence-corrected chi connectivity index (χ3v) is 4.99. The van der Waals surface area contributed by atoms with E-state index in [0.29, 0.717) is 24.7 Å². The number of nitrogens with zero attached hydrogens (tertiary/aromatic N) is 2. The summed E-state index contributed by atoms with van der Waals surface area (Å²) in [5.74, 6) is 1.09. The predicted molar refractivity (Wildman–Crippen MR) is 110 cm³/mol. The van der Waals surface area contributed by atoms with Gasteiger partial charge in [0.05, 0.1) is 20.4 Å². The number of urea groups is 1. The maximum atomic E-state index is 13.0. The van der Waals surface area contributed by atoms with Crippen molar-refractivity contribution in [1.82, 2.24) is 15.1 Å². The van der Waals surface area contributed by atoms with Crippen molar-refractivity contribution in [2.45, 2.75) is 25.9 Å². The Morgan fingerprint density at radius 2 is 1.83 bits per heavy atom. The summed E-state index contributed by atoms with van der Waals surface area (Å²) in [7, 11) is 3.46. The number of imide groups is 1. The highest BCUT2D eigenvalue weighted by Crippen LogP contribution is 2.30. The molecule has 0 radical (unpaired) electrons. The van der Waals surface area contributed by atoms with Crippen LogP contribution in [0.5, 0.6) is 11.5 Å². The van der Waals surface area contributed by atoms with Crippen molar-refractivity contribution in [3.05, 3.63) is 59.7 Å². The van der Waals surface area contributed by atoms with Gasteiger partial charge in [-0.05, 0) is 44.2 Å². The summed E-state index contributed by atoms with van der Waals surface area (Å²) in [4.78, 5) is 28.7. The normalized spacial score (nSPS) is 18.9. The third-order valence-electron chi connectivity index (χ3n) is 4.99. The van der Waals surface area contributed by atoms with Gasteiger partial charge in [0.1, 0.15) is 5.54 Å². The summed E-state index contributed by atoms with van der Waals surface area (Å²) < 4.78 is 10.9. The Hall–Kier alpha value is -3.06. The largest absolute Gasteiger partial charge is 0.493 e. The van der Waals surface area contributed by atoms with Crippen LogP contribution in [0.15, 0.2) is 48.5 Å². The van der Waals surface area contributed by atoms with E-state index in [2.05, 4.69) is 5.32 Å². The first-order chi connectivity index (χ1) is 13.9. The van der Waals surface area contributed by atoms with E-state index in [9.17, 15) is 9.59 Å². The highest BCUT2D eigenvalue weighted by Gasteiger charge is 2.49. The van der Waals surface area contributed by atoms with Crippen molar-refractivity contribution in [2.75, 3.05) is 27.4 Å². The van der Waals surface area contributed by atoms with E-state index in [1.165, 1.54) is 4.90 Å². The Labute approximate surface area is 171 Å². The molecule has 0 unspecified atom stereocenters. The zero-order valence-corrected chi connectivity index (χ0v) is 17.3. The average Bonchev–Trinajstić information content (AvgIpc) is 2.94. The lowest BCUT2D eigenvalue weighted by molar-refractivity contribution is -0.132. The number of benzene rings is 2. The fourth-order valence-corrected chi connectivity index (χ4v) is 3.48. The minimum atomic E-state index is -1.05. The molecule has 1 aliphatic rings. The van der Waals surface area contributed by atoms with Crippen LogP contribution in [0.3, 0.4) is 0 Å². The van der Waals surface area contributed by atoms with Gasteiger partial charge in [-0.25, -0.2) is 9.69 Å². The molecule has 29 heavy (non-hydrogen) atoms. The summed E-state index contributed by atoms with van der Waals surface area (Å²) in [6.45, 7) is 4.94. The summed E-state index contributed by atoms with van der Waals surface area (Å²) in [5, 5.41) is 2.83. The summed E-state index contributed by atoms with van der Waals surface area (Å²) in [6, 6.07) is 14.6. The topological polar surface area (TPSA) is 71.1 Å². The van der Waals surface area contributed by atoms with Crippen LogP contribution in [0.25, 0.3) is 0 Å². The Bertz CT molecular complexity index is 887. The van der Waals surface area contributed by atoms with Crippen molar-refractivity contribution >= 4 is 11.9 Å². The van der Waals surface area contributed by atoms with E-state index in [1.54, 1.807) is 14.0 Å². The minimum absolute atomic E-state index is 0.183. The zero-order valence-electron chi connectivity index (χ0n) is 17.3. The molecule has 7 nitrogen and oxygen atoms in total. The van der Waals surface area contributed by atoms with Crippen LogP contribution in [0, 0.1) is 0 Å². The molecular weight excluding hydrogens is 370 g/mol. The fourth-order valence-electron chi connectivity index (χ4n) is 3.48. The number of rotatable bonds is 8. The van der Waals surface area contributed by atoms with Gasteiger partial charge in [0.15, 0.2) is 11.5 Å². The Balaban J connectivity index is 1.70.